The Kier molecular flexibility index (Phi) is 4.97. The summed E-state index contributed by atoms with van der Waals surface area (Å²) < 4.78 is 58.5. The topological polar surface area (TPSA) is 68.0 Å². The first kappa shape index (κ1) is 17.6. The minimum atomic E-state index is -1.72. The molecule has 0 atom stereocenters. The number of carbonyl (C=O) groups is 1. The Morgan fingerprint density at radius 1 is 0.962 bits per heavy atom. The number of nitrogens with one attached hydrogen (secondary N) is 1. The van der Waals surface area contributed by atoms with Crippen molar-refractivity contribution in [1.82, 2.24) is 15.5 Å². The van der Waals surface area contributed by atoms with Gasteiger partial charge in [-0.3, -0.25) is 4.79 Å². The lowest BCUT2D eigenvalue weighted by atomic mass is 10.2. The lowest BCUT2D eigenvalue weighted by molar-refractivity contribution is 0.0948. The summed E-state index contributed by atoms with van der Waals surface area (Å²) in [5.41, 5.74) is -0.486. The molecule has 0 aliphatic rings. The summed E-state index contributed by atoms with van der Waals surface area (Å²) in [4.78, 5) is 11.8. The summed E-state index contributed by atoms with van der Waals surface area (Å²) in [6.45, 7) is -0.0316. The molecule has 0 spiro atoms. The predicted octanol–water partition coefficient (Wildman–Crippen LogP) is 3.27. The number of aromatic nitrogens is 2. The van der Waals surface area contributed by atoms with Crippen molar-refractivity contribution in [2.45, 2.75) is 6.42 Å². The summed E-state index contributed by atoms with van der Waals surface area (Å²) in [5.74, 6) is -6.01. The summed E-state index contributed by atoms with van der Waals surface area (Å²) in [7, 11) is 0. The van der Waals surface area contributed by atoms with Gasteiger partial charge in [0.1, 0.15) is 5.82 Å². The molecule has 2 aromatic carbocycles. The van der Waals surface area contributed by atoms with E-state index in [1.165, 1.54) is 18.2 Å². The second kappa shape index (κ2) is 7.34. The van der Waals surface area contributed by atoms with Crippen molar-refractivity contribution >= 4 is 5.91 Å². The van der Waals surface area contributed by atoms with E-state index in [0.29, 0.717) is 6.07 Å². The molecule has 0 saturated carbocycles. The Balaban J connectivity index is 1.62. The van der Waals surface area contributed by atoms with Gasteiger partial charge in [-0.15, -0.1) is 10.2 Å². The van der Waals surface area contributed by atoms with Crippen molar-refractivity contribution in [3.63, 3.8) is 0 Å². The molecule has 134 valence electrons. The highest BCUT2D eigenvalue weighted by molar-refractivity contribution is 5.94. The minimum absolute atomic E-state index is 0.0175. The maximum Gasteiger partial charge on any atom is 0.254 e. The number of halogens is 4. The van der Waals surface area contributed by atoms with Gasteiger partial charge >= 0.3 is 0 Å². The van der Waals surface area contributed by atoms with Crippen LogP contribution < -0.4 is 5.32 Å². The molecule has 0 aliphatic heterocycles. The lowest BCUT2D eigenvalue weighted by Gasteiger charge is -2.05. The van der Waals surface area contributed by atoms with E-state index < -0.39 is 34.7 Å². The van der Waals surface area contributed by atoms with Gasteiger partial charge in [-0.05, 0) is 24.3 Å². The highest BCUT2D eigenvalue weighted by Crippen LogP contribution is 2.21. The third-order valence-electron chi connectivity index (χ3n) is 3.48. The molecule has 0 saturated heterocycles. The van der Waals surface area contributed by atoms with Crippen LogP contribution in [-0.4, -0.2) is 22.6 Å². The van der Waals surface area contributed by atoms with Gasteiger partial charge in [0.2, 0.25) is 5.89 Å². The summed E-state index contributed by atoms with van der Waals surface area (Å²) in [6, 6.07) is 7.34. The number of hydrogen-bond acceptors (Lipinski definition) is 4. The van der Waals surface area contributed by atoms with E-state index in [4.69, 9.17) is 4.42 Å². The van der Waals surface area contributed by atoms with Crippen LogP contribution in [0, 0.1) is 23.3 Å². The van der Waals surface area contributed by atoms with Crippen molar-refractivity contribution in [3.8, 4) is 11.5 Å². The van der Waals surface area contributed by atoms with Crippen LogP contribution in [0.25, 0.3) is 11.5 Å². The van der Waals surface area contributed by atoms with E-state index in [1.54, 1.807) is 6.07 Å². The van der Waals surface area contributed by atoms with Crippen molar-refractivity contribution in [3.05, 3.63) is 71.1 Å². The molecular formula is C17H11F4N3O2. The van der Waals surface area contributed by atoms with Crippen molar-refractivity contribution in [1.29, 1.82) is 0 Å². The molecule has 0 radical (unpaired) electrons. The van der Waals surface area contributed by atoms with Gasteiger partial charge in [0.15, 0.2) is 17.5 Å². The first-order chi connectivity index (χ1) is 12.5. The normalized spacial score (nSPS) is 10.8. The Bertz CT molecular complexity index is 959. The summed E-state index contributed by atoms with van der Waals surface area (Å²) >= 11 is 0. The lowest BCUT2D eigenvalue weighted by Crippen LogP contribution is -2.27. The van der Waals surface area contributed by atoms with Crippen LogP contribution >= 0.6 is 0 Å². The Morgan fingerprint density at radius 3 is 2.50 bits per heavy atom. The highest BCUT2D eigenvalue weighted by atomic mass is 19.2. The number of nitrogens with zero attached hydrogens (tertiary/aromatic N) is 2. The molecule has 9 heteroatoms. The molecule has 3 rings (SSSR count). The first-order valence-corrected chi connectivity index (χ1v) is 7.46. The van der Waals surface area contributed by atoms with Gasteiger partial charge < -0.3 is 9.73 Å². The molecule has 5 nitrogen and oxygen atoms in total. The third kappa shape index (κ3) is 3.56. The number of rotatable bonds is 5. The molecule has 0 bridgehead atoms. The van der Waals surface area contributed by atoms with Crippen LogP contribution in [0.2, 0.25) is 0 Å². The zero-order chi connectivity index (χ0) is 18.7. The van der Waals surface area contributed by atoms with Crippen molar-refractivity contribution < 1.29 is 26.8 Å². The molecule has 0 fully saturated rings. The fourth-order valence-electron chi connectivity index (χ4n) is 2.18. The van der Waals surface area contributed by atoms with Gasteiger partial charge in [0.05, 0.1) is 11.1 Å². The maximum absolute atomic E-state index is 13.7. The van der Waals surface area contributed by atoms with Crippen molar-refractivity contribution in [2.24, 2.45) is 0 Å². The van der Waals surface area contributed by atoms with Crippen LogP contribution in [-0.2, 0) is 6.42 Å². The van der Waals surface area contributed by atoms with E-state index in [2.05, 4.69) is 15.5 Å². The molecule has 1 aromatic heterocycles. The standard InChI is InChI=1S/C17H11F4N3O2/c18-11-4-2-1-3-9(11)17-24-23-13(26-17)7-8-22-16(25)10-5-6-12(19)15(21)14(10)20/h1-6H,7-8H2,(H,22,25). The molecule has 0 unspecified atom stereocenters. The second-order valence-electron chi connectivity index (χ2n) is 5.21. The van der Waals surface area contributed by atoms with E-state index in [1.807, 2.05) is 0 Å². The van der Waals surface area contributed by atoms with Crippen LogP contribution in [0.4, 0.5) is 17.6 Å². The summed E-state index contributed by atoms with van der Waals surface area (Å²) in [6.07, 6.45) is 0.0818. The maximum atomic E-state index is 13.7. The number of amides is 1. The number of hydrogen-bond donors (Lipinski definition) is 1. The van der Waals surface area contributed by atoms with Crippen molar-refractivity contribution in [2.75, 3.05) is 6.54 Å². The van der Waals surface area contributed by atoms with Gasteiger partial charge in [0.25, 0.3) is 11.8 Å². The molecule has 0 aliphatic carbocycles. The second-order valence-corrected chi connectivity index (χ2v) is 5.21. The van der Waals surface area contributed by atoms with Crippen LogP contribution in [0.3, 0.4) is 0 Å². The Hall–Kier alpha value is -3.23. The van der Waals surface area contributed by atoms with Gasteiger partial charge in [0, 0.05) is 13.0 Å². The monoisotopic (exact) mass is 365 g/mol. The van der Waals surface area contributed by atoms with Crippen LogP contribution in [0.5, 0.6) is 0 Å². The largest absolute Gasteiger partial charge is 0.421 e. The average molecular weight is 365 g/mol. The van der Waals surface area contributed by atoms with Gasteiger partial charge in [-0.25, -0.2) is 17.6 Å². The first-order valence-electron chi connectivity index (χ1n) is 7.46. The Labute approximate surface area is 144 Å². The smallest absolute Gasteiger partial charge is 0.254 e. The molecular weight excluding hydrogens is 354 g/mol. The number of carbonyl (C=O) groups excluding carboxylic acids is 1. The average Bonchev–Trinajstić information content (AvgIpc) is 3.08. The van der Waals surface area contributed by atoms with E-state index in [-0.39, 0.29) is 30.3 Å². The molecule has 1 amide bonds. The zero-order valence-electron chi connectivity index (χ0n) is 13.1. The summed E-state index contributed by atoms with van der Waals surface area (Å²) in [5, 5.41) is 9.77. The third-order valence-corrected chi connectivity index (χ3v) is 3.48. The predicted molar refractivity (Wildman–Crippen MR) is 82.0 cm³/mol. The zero-order valence-corrected chi connectivity index (χ0v) is 13.1. The van der Waals surface area contributed by atoms with Gasteiger partial charge in [-0.1, -0.05) is 12.1 Å². The fourth-order valence-corrected chi connectivity index (χ4v) is 2.18. The van der Waals surface area contributed by atoms with E-state index >= 15 is 0 Å². The minimum Gasteiger partial charge on any atom is -0.421 e. The van der Waals surface area contributed by atoms with Crippen LogP contribution in [0.15, 0.2) is 40.8 Å². The quantitative estimate of drug-likeness (QED) is 0.557. The van der Waals surface area contributed by atoms with Crippen LogP contribution in [0.1, 0.15) is 16.2 Å². The SMILES string of the molecule is O=C(NCCc1nnc(-c2ccccc2F)o1)c1ccc(F)c(F)c1F. The molecule has 3 aromatic rings. The fraction of sp³-hybridized carbons (Fsp3) is 0.118. The molecule has 1 N–H and O–H groups in total. The van der Waals surface area contributed by atoms with E-state index in [9.17, 15) is 22.4 Å². The molecule has 1 heterocycles. The molecule has 26 heavy (non-hydrogen) atoms. The van der Waals surface area contributed by atoms with Gasteiger partial charge in [-0.2, -0.15) is 0 Å². The highest BCUT2D eigenvalue weighted by Gasteiger charge is 2.19. The Morgan fingerprint density at radius 2 is 1.73 bits per heavy atom. The number of benzene rings is 2. The van der Waals surface area contributed by atoms with E-state index in [0.717, 1.165) is 6.07 Å².